The lowest BCUT2D eigenvalue weighted by Crippen LogP contribution is -2.30. The fourth-order valence-electron chi connectivity index (χ4n) is 3.42. The van der Waals surface area contributed by atoms with E-state index in [2.05, 4.69) is 10.6 Å². The highest BCUT2D eigenvalue weighted by Gasteiger charge is 2.27. The van der Waals surface area contributed by atoms with E-state index in [0.29, 0.717) is 23.5 Å². The first-order chi connectivity index (χ1) is 14.5. The number of ether oxygens (including phenoxy) is 2. The fourth-order valence-corrected chi connectivity index (χ4v) is 4.75. The minimum atomic E-state index is -0.566. The van der Waals surface area contributed by atoms with Crippen molar-refractivity contribution < 1.29 is 23.9 Å². The van der Waals surface area contributed by atoms with Crippen LogP contribution in [0.5, 0.6) is 5.75 Å². The van der Waals surface area contributed by atoms with Gasteiger partial charge in [-0.15, -0.1) is 11.3 Å². The van der Waals surface area contributed by atoms with Gasteiger partial charge in [0.05, 0.1) is 12.7 Å². The zero-order chi connectivity index (χ0) is 21.5. The molecule has 2 amide bonds. The van der Waals surface area contributed by atoms with Crippen molar-refractivity contribution in [3.05, 3.63) is 45.8 Å². The summed E-state index contributed by atoms with van der Waals surface area (Å²) in [6, 6.07) is 7.61. The molecule has 0 unspecified atom stereocenters. The number of benzene rings is 1. The van der Waals surface area contributed by atoms with Crippen LogP contribution in [0.25, 0.3) is 0 Å². The number of carbonyl (C=O) groups is 3. The van der Waals surface area contributed by atoms with E-state index >= 15 is 0 Å². The summed E-state index contributed by atoms with van der Waals surface area (Å²) < 4.78 is 10.4. The number of hydrogen-bond donors (Lipinski definition) is 2. The summed E-state index contributed by atoms with van der Waals surface area (Å²) in [4.78, 5) is 37.4. The molecule has 0 aliphatic heterocycles. The van der Waals surface area contributed by atoms with Gasteiger partial charge in [-0.05, 0) is 55.4 Å². The topological polar surface area (TPSA) is 93.7 Å². The average Bonchev–Trinajstić information content (AvgIpc) is 3.09. The maximum Gasteiger partial charge on any atom is 0.341 e. The Bertz CT molecular complexity index is 920. The van der Waals surface area contributed by atoms with Gasteiger partial charge >= 0.3 is 5.97 Å². The maximum absolute atomic E-state index is 12.7. The van der Waals surface area contributed by atoms with Gasteiger partial charge in [-0.1, -0.05) is 12.1 Å². The molecule has 2 aromatic rings. The third-order valence-corrected chi connectivity index (χ3v) is 6.10. The van der Waals surface area contributed by atoms with Gasteiger partial charge in [-0.25, -0.2) is 4.79 Å². The van der Waals surface area contributed by atoms with Crippen LogP contribution in [-0.2, 0) is 33.6 Å². The van der Waals surface area contributed by atoms with Gasteiger partial charge in [-0.2, -0.15) is 0 Å². The summed E-state index contributed by atoms with van der Waals surface area (Å²) in [5.74, 6) is -0.381. The standard InChI is InChI=1S/C22H26N2O5S/c1-14(25)24-21-20(17-5-3-4-6-18(17)30-21)22(27)29-13-19(26)23-12-11-15-7-9-16(28-2)10-8-15/h7-10H,3-6,11-13H2,1-2H3,(H,23,26)(H,24,25). The number of anilines is 1. The molecule has 0 radical (unpaired) electrons. The minimum Gasteiger partial charge on any atom is -0.497 e. The molecular weight excluding hydrogens is 404 g/mol. The molecule has 3 rings (SSSR count). The number of amides is 2. The van der Waals surface area contributed by atoms with Crippen molar-refractivity contribution in [2.24, 2.45) is 0 Å². The van der Waals surface area contributed by atoms with Crippen molar-refractivity contribution in [1.29, 1.82) is 0 Å². The highest BCUT2D eigenvalue weighted by molar-refractivity contribution is 7.17. The maximum atomic E-state index is 12.7. The van der Waals surface area contributed by atoms with E-state index in [1.54, 1.807) is 7.11 Å². The number of hydrogen-bond acceptors (Lipinski definition) is 6. The van der Waals surface area contributed by atoms with Gasteiger partial charge in [0.15, 0.2) is 6.61 Å². The number of rotatable bonds is 8. The second kappa shape index (κ2) is 10.2. The molecule has 1 aromatic carbocycles. The summed E-state index contributed by atoms with van der Waals surface area (Å²) in [6.45, 7) is 1.49. The molecule has 1 aliphatic rings. The predicted molar refractivity (Wildman–Crippen MR) is 115 cm³/mol. The highest BCUT2D eigenvalue weighted by Crippen LogP contribution is 2.38. The normalized spacial score (nSPS) is 12.6. The first-order valence-corrected chi connectivity index (χ1v) is 10.8. The van der Waals surface area contributed by atoms with E-state index in [-0.39, 0.29) is 18.4 Å². The minimum absolute atomic E-state index is 0.237. The third-order valence-electron chi connectivity index (χ3n) is 4.89. The van der Waals surface area contributed by atoms with E-state index in [1.807, 2.05) is 24.3 Å². The Labute approximate surface area is 179 Å². The number of carbonyl (C=O) groups excluding carboxylic acids is 3. The van der Waals surface area contributed by atoms with Crippen molar-refractivity contribution in [2.75, 3.05) is 25.6 Å². The molecule has 0 atom stereocenters. The zero-order valence-corrected chi connectivity index (χ0v) is 18.0. The molecule has 1 heterocycles. The van der Waals surface area contributed by atoms with E-state index in [9.17, 15) is 14.4 Å². The number of nitrogens with one attached hydrogen (secondary N) is 2. The lowest BCUT2D eigenvalue weighted by Gasteiger charge is -2.13. The van der Waals surface area contributed by atoms with E-state index in [0.717, 1.165) is 47.4 Å². The van der Waals surface area contributed by atoms with E-state index in [1.165, 1.54) is 18.3 Å². The van der Waals surface area contributed by atoms with Crippen molar-refractivity contribution in [3.8, 4) is 5.75 Å². The van der Waals surface area contributed by atoms with E-state index in [4.69, 9.17) is 9.47 Å². The molecule has 1 aromatic heterocycles. The molecule has 0 spiro atoms. The lowest BCUT2D eigenvalue weighted by molar-refractivity contribution is -0.124. The monoisotopic (exact) mass is 430 g/mol. The predicted octanol–water partition coefficient (Wildman–Crippen LogP) is 3.11. The lowest BCUT2D eigenvalue weighted by atomic mass is 9.95. The molecule has 7 nitrogen and oxygen atoms in total. The first kappa shape index (κ1) is 21.8. The van der Waals surface area contributed by atoms with Crippen molar-refractivity contribution in [2.45, 2.75) is 39.0 Å². The van der Waals surface area contributed by atoms with Crippen molar-refractivity contribution in [1.82, 2.24) is 5.32 Å². The van der Waals surface area contributed by atoms with Gasteiger partial charge in [0, 0.05) is 18.3 Å². The Morgan fingerprint density at radius 1 is 1.10 bits per heavy atom. The van der Waals surface area contributed by atoms with Gasteiger partial charge in [0.2, 0.25) is 5.91 Å². The Balaban J connectivity index is 1.52. The summed E-state index contributed by atoms with van der Waals surface area (Å²) in [6.07, 6.45) is 4.40. The Morgan fingerprint density at radius 3 is 2.53 bits per heavy atom. The number of methoxy groups -OCH3 is 1. The molecule has 0 bridgehead atoms. The number of thiophene rings is 1. The van der Waals surface area contributed by atoms with Crippen LogP contribution >= 0.6 is 11.3 Å². The summed E-state index contributed by atoms with van der Waals surface area (Å²) >= 11 is 1.42. The highest BCUT2D eigenvalue weighted by atomic mass is 32.1. The van der Waals surface area contributed by atoms with Gasteiger partial charge < -0.3 is 20.1 Å². The van der Waals surface area contributed by atoms with Crippen molar-refractivity contribution in [3.63, 3.8) is 0 Å². The summed E-state index contributed by atoms with van der Waals surface area (Å²) in [5.41, 5.74) is 2.41. The van der Waals surface area contributed by atoms with Crippen LogP contribution in [0.15, 0.2) is 24.3 Å². The van der Waals surface area contributed by atoms with Gasteiger partial charge in [0.1, 0.15) is 10.8 Å². The van der Waals surface area contributed by atoms with Gasteiger partial charge in [-0.3, -0.25) is 9.59 Å². The molecule has 0 saturated heterocycles. The number of aryl methyl sites for hydroxylation is 1. The average molecular weight is 431 g/mol. The van der Waals surface area contributed by atoms with Crippen LogP contribution < -0.4 is 15.4 Å². The van der Waals surface area contributed by atoms with E-state index < -0.39 is 5.97 Å². The van der Waals surface area contributed by atoms with Crippen LogP contribution in [0.4, 0.5) is 5.00 Å². The largest absolute Gasteiger partial charge is 0.497 e. The summed E-state index contributed by atoms with van der Waals surface area (Å²) in [7, 11) is 1.61. The second-order valence-corrected chi connectivity index (χ2v) is 8.23. The summed E-state index contributed by atoms with van der Waals surface area (Å²) in [5, 5.41) is 6.00. The molecule has 160 valence electrons. The fraction of sp³-hybridized carbons (Fsp3) is 0.409. The Morgan fingerprint density at radius 2 is 1.83 bits per heavy atom. The van der Waals surface area contributed by atoms with Crippen LogP contribution in [0, 0.1) is 0 Å². The Kier molecular flexibility index (Phi) is 7.46. The van der Waals surface area contributed by atoms with Crippen LogP contribution in [0.3, 0.4) is 0 Å². The molecule has 2 N–H and O–H groups in total. The quantitative estimate of drug-likeness (QED) is 0.628. The van der Waals surface area contributed by atoms with Crippen LogP contribution in [0.2, 0.25) is 0 Å². The number of fused-ring (bicyclic) bond motifs is 1. The van der Waals surface area contributed by atoms with Gasteiger partial charge in [0.25, 0.3) is 5.91 Å². The van der Waals surface area contributed by atoms with Crippen LogP contribution in [0.1, 0.15) is 46.1 Å². The van der Waals surface area contributed by atoms with Crippen LogP contribution in [-0.4, -0.2) is 38.0 Å². The molecule has 1 aliphatic carbocycles. The van der Waals surface area contributed by atoms with Crippen molar-refractivity contribution >= 4 is 34.1 Å². The first-order valence-electron chi connectivity index (χ1n) is 9.96. The molecular formula is C22H26N2O5S. The number of esters is 1. The Hall–Kier alpha value is -2.87. The second-order valence-electron chi connectivity index (χ2n) is 7.12. The molecule has 0 fully saturated rings. The third kappa shape index (κ3) is 5.60. The zero-order valence-electron chi connectivity index (χ0n) is 17.2. The smallest absolute Gasteiger partial charge is 0.341 e. The molecule has 30 heavy (non-hydrogen) atoms. The molecule has 0 saturated carbocycles. The SMILES string of the molecule is COc1ccc(CCNC(=O)COC(=O)c2c(NC(C)=O)sc3c2CCCC3)cc1. The molecule has 8 heteroatoms.